The Hall–Kier alpha value is -0.720. The average molecular weight is 260 g/mol. The largest absolute Gasteiger partial charge is 0.767 e. The smallest absolute Gasteiger partial charge is 0.137 e. The maximum atomic E-state index is 10.7. The molecule has 1 atom stereocenters. The Bertz CT molecular complexity index is 482. The SMILES string of the molecule is O=S([O-])c1cnc2ccc(Br)cn12. The lowest BCUT2D eigenvalue weighted by molar-refractivity contribution is 0.532. The minimum atomic E-state index is -2.25. The standard InChI is InChI=1S/C7H5BrN2O2S/c8-5-1-2-6-9-3-7(13(11)12)10(6)4-5/h1-4H,(H,11,12)/p-1. The van der Waals surface area contributed by atoms with E-state index in [4.69, 9.17) is 0 Å². The van der Waals surface area contributed by atoms with Gasteiger partial charge in [-0.2, -0.15) is 0 Å². The highest BCUT2D eigenvalue weighted by Crippen LogP contribution is 2.14. The lowest BCUT2D eigenvalue weighted by Gasteiger charge is -2.03. The van der Waals surface area contributed by atoms with Crippen molar-refractivity contribution in [2.45, 2.75) is 5.03 Å². The van der Waals surface area contributed by atoms with Crippen LogP contribution < -0.4 is 0 Å². The number of hydrogen-bond acceptors (Lipinski definition) is 3. The van der Waals surface area contributed by atoms with E-state index in [-0.39, 0.29) is 5.03 Å². The van der Waals surface area contributed by atoms with Crippen LogP contribution in [0.3, 0.4) is 0 Å². The van der Waals surface area contributed by atoms with E-state index in [9.17, 15) is 8.76 Å². The summed E-state index contributed by atoms with van der Waals surface area (Å²) in [5.74, 6) is 0. The molecule has 1 unspecified atom stereocenters. The molecule has 2 aromatic rings. The Kier molecular flexibility index (Phi) is 2.19. The second-order valence-electron chi connectivity index (χ2n) is 2.41. The lowest BCUT2D eigenvalue weighted by Crippen LogP contribution is -1.94. The van der Waals surface area contributed by atoms with Gasteiger partial charge in [-0.3, -0.25) is 8.61 Å². The van der Waals surface area contributed by atoms with Crippen molar-refractivity contribution in [3.05, 3.63) is 29.0 Å². The molecule has 68 valence electrons. The van der Waals surface area contributed by atoms with Crippen molar-refractivity contribution in [1.82, 2.24) is 9.38 Å². The number of pyridine rings is 1. The molecular weight excluding hydrogens is 256 g/mol. The van der Waals surface area contributed by atoms with Gasteiger partial charge in [0, 0.05) is 10.7 Å². The molecule has 0 radical (unpaired) electrons. The molecule has 0 saturated heterocycles. The van der Waals surface area contributed by atoms with Gasteiger partial charge < -0.3 is 4.55 Å². The van der Waals surface area contributed by atoms with Crippen LogP contribution in [0, 0.1) is 0 Å². The van der Waals surface area contributed by atoms with Gasteiger partial charge in [0.1, 0.15) is 10.7 Å². The van der Waals surface area contributed by atoms with Crippen LogP contribution in [0.5, 0.6) is 0 Å². The number of aromatic nitrogens is 2. The molecule has 6 heteroatoms. The van der Waals surface area contributed by atoms with Gasteiger partial charge in [0.2, 0.25) is 0 Å². The van der Waals surface area contributed by atoms with Crippen LogP contribution in [0.4, 0.5) is 0 Å². The van der Waals surface area contributed by atoms with Crippen molar-refractivity contribution in [2.75, 3.05) is 0 Å². The molecule has 2 aromatic heterocycles. The first-order valence-electron chi connectivity index (χ1n) is 3.40. The normalized spacial score (nSPS) is 13.4. The maximum Gasteiger partial charge on any atom is 0.137 e. The molecule has 0 bridgehead atoms. The number of fused-ring (bicyclic) bond motifs is 1. The van der Waals surface area contributed by atoms with Crippen LogP contribution >= 0.6 is 15.9 Å². The summed E-state index contributed by atoms with van der Waals surface area (Å²) >= 11 is 1.000. The third-order valence-electron chi connectivity index (χ3n) is 1.61. The van der Waals surface area contributed by atoms with Crippen LogP contribution in [-0.4, -0.2) is 18.1 Å². The molecule has 0 aliphatic rings. The minimum Gasteiger partial charge on any atom is -0.767 e. The summed E-state index contributed by atoms with van der Waals surface area (Å²) < 4.78 is 23.7. The van der Waals surface area contributed by atoms with E-state index in [1.165, 1.54) is 10.6 Å². The Morgan fingerprint density at radius 3 is 3.00 bits per heavy atom. The molecule has 0 saturated carbocycles. The zero-order valence-electron chi connectivity index (χ0n) is 6.31. The molecule has 4 nitrogen and oxygen atoms in total. The fourth-order valence-electron chi connectivity index (χ4n) is 1.06. The molecule has 13 heavy (non-hydrogen) atoms. The Balaban J connectivity index is 2.79. The summed E-state index contributed by atoms with van der Waals surface area (Å²) in [6.07, 6.45) is 2.98. The number of nitrogens with zero attached hydrogens (tertiary/aromatic N) is 2. The number of halogens is 1. The zero-order valence-corrected chi connectivity index (χ0v) is 8.71. The van der Waals surface area contributed by atoms with Crippen LogP contribution in [-0.2, 0) is 11.1 Å². The van der Waals surface area contributed by atoms with Crippen LogP contribution in [0.2, 0.25) is 0 Å². The van der Waals surface area contributed by atoms with Gasteiger partial charge in [-0.1, -0.05) is 0 Å². The first-order valence-corrected chi connectivity index (χ1v) is 5.27. The first kappa shape index (κ1) is 8.86. The molecule has 0 aliphatic heterocycles. The Morgan fingerprint density at radius 1 is 1.54 bits per heavy atom. The number of hydrogen-bond donors (Lipinski definition) is 0. The summed E-state index contributed by atoms with van der Waals surface area (Å²) in [6, 6.07) is 3.54. The van der Waals surface area contributed by atoms with Gasteiger partial charge >= 0.3 is 0 Å². The third-order valence-corrected chi connectivity index (χ3v) is 2.72. The topological polar surface area (TPSA) is 57.4 Å². The molecule has 0 aliphatic carbocycles. The van der Waals surface area contributed by atoms with E-state index < -0.39 is 11.1 Å². The fraction of sp³-hybridized carbons (Fsp3) is 0. The molecule has 2 heterocycles. The van der Waals surface area contributed by atoms with Gasteiger partial charge in [-0.25, -0.2) is 4.98 Å². The summed E-state index contributed by atoms with van der Waals surface area (Å²) in [7, 11) is 0. The highest BCUT2D eigenvalue weighted by atomic mass is 79.9. The first-order chi connectivity index (χ1) is 6.18. The van der Waals surface area contributed by atoms with Crippen molar-refractivity contribution in [3.63, 3.8) is 0 Å². The number of imidazole rings is 1. The molecule has 0 N–H and O–H groups in total. The summed E-state index contributed by atoms with van der Waals surface area (Å²) in [4.78, 5) is 3.93. The molecular formula is C7H4BrN2O2S-. The Morgan fingerprint density at radius 2 is 2.31 bits per heavy atom. The molecule has 0 aromatic carbocycles. The second-order valence-corrected chi connectivity index (χ2v) is 4.21. The zero-order chi connectivity index (χ0) is 9.42. The van der Waals surface area contributed by atoms with Gasteiger partial charge in [0.15, 0.2) is 0 Å². The third kappa shape index (κ3) is 1.52. The maximum absolute atomic E-state index is 10.7. The van der Waals surface area contributed by atoms with E-state index in [0.717, 1.165) is 4.47 Å². The predicted octanol–water partition coefficient (Wildman–Crippen LogP) is 1.33. The second kappa shape index (κ2) is 3.21. The fourth-order valence-corrected chi connectivity index (χ4v) is 1.84. The van der Waals surface area contributed by atoms with E-state index >= 15 is 0 Å². The van der Waals surface area contributed by atoms with Gasteiger partial charge in [0.25, 0.3) is 0 Å². The quantitative estimate of drug-likeness (QED) is 0.727. The van der Waals surface area contributed by atoms with Crippen molar-refractivity contribution in [2.24, 2.45) is 0 Å². The number of rotatable bonds is 1. The molecule has 2 rings (SSSR count). The average Bonchev–Trinajstić information content (AvgIpc) is 2.46. The lowest BCUT2D eigenvalue weighted by atomic mass is 10.5. The van der Waals surface area contributed by atoms with Gasteiger partial charge in [-0.15, -0.1) is 0 Å². The summed E-state index contributed by atoms with van der Waals surface area (Å²) in [5, 5.41) is 0.163. The van der Waals surface area contributed by atoms with Crippen molar-refractivity contribution >= 4 is 32.7 Å². The monoisotopic (exact) mass is 259 g/mol. The Labute approximate surface area is 85.0 Å². The van der Waals surface area contributed by atoms with Crippen molar-refractivity contribution in [3.8, 4) is 0 Å². The molecule has 0 spiro atoms. The highest BCUT2D eigenvalue weighted by Gasteiger charge is 2.02. The molecule has 0 amide bonds. The molecule has 0 fully saturated rings. The van der Waals surface area contributed by atoms with Crippen molar-refractivity contribution < 1.29 is 8.76 Å². The van der Waals surface area contributed by atoms with Gasteiger partial charge in [-0.05, 0) is 39.1 Å². The summed E-state index contributed by atoms with van der Waals surface area (Å²) in [5.41, 5.74) is 0.613. The predicted molar refractivity (Wildman–Crippen MR) is 50.1 cm³/mol. The van der Waals surface area contributed by atoms with Gasteiger partial charge in [0.05, 0.1) is 6.20 Å². The van der Waals surface area contributed by atoms with Crippen LogP contribution in [0.15, 0.2) is 34.0 Å². The van der Waals surface area contributed by atoms with E-state index in [0.29, 0.717) is 5.65 Å². The van der Waals surface area contributed by atoms with E-state index in [1.54, 1.807) is 18.3 Å². The van der Waals surface area contributed by atoms with Crippen LogP contribution in [0.1, 0.15) is 0 Å². The summed E-state index contributed by atoms with van der Waals surface area (Å²) in [6.45, 7) is 0. The highest BCUT2D eigenvalue weighted by molar-refractivity contribution is 9.10. The van der Waals surface area contributed by atoms with Crippen LogP contribution in [0.25, 0.3) is 5.65 Å². The van der Waals surface area contributed by atoms with E-state index in [1.807, 2.05) is 0 Å². The van der Waals surface area contributed by atoms with E-state index in [2.05, 4.69) is 20.9 Å². The minimum absolute atomic E-state index is 0.163. The van der Waals surface area contributed by atoms with Crippen molar-refractivity contribution in [1.29, 1.82) is 0 Å².